The standard InChI is InChI=1S/C52H103N2O6P/c1-6-8-10-12-14-16-18-19-20-21-22-23-24-25-26-27-28-29-30-31-32-33-34-36-37-39-41-43-45-51(55)50(49-60-61(57,58)59-48-47-54(3,4)5)53-52(56)46-44-42-40-38-35-17-15-13-11-9-7-2/h36-37,43,45,50-51,55H,6-35,38-42,44,46-49H2,1-5H3,(H-,53,56,57,58)/p+1/b37-36+,45-43+. The van der Waals surface area contributed by atoms with E-state index >= 15 is 0 Å². The molecular formula is C52H104N2O6P+. The number of carbonyl (C=O) groups excluding carboxylic acids is 1. The number of nitrogens with one attached hydrogen (secondary N) is 1. The Morgan fingerprint density at radius 3 is 1.31 bits per heavy atom. The van der Waals surface area contributed by atoms with E-state index in [9.17, 15) is 19.4 Å². The van der Waals surface area contributed by atoms with E-state index in [0.717, 1.165) is 38.5 Å². The Balaban J connectivity index is 4.17. The molecule has 8 nitrogen and oxygen atoms in total. The molecule has 0 aliphatic rings. The minimum Gasteiger partial charge on any atom is -0.387 e. The molecule has 0 radical (unpaired) electrons. The molecule has 61 heavy (non-hydrogen) atoms. The predicted molar refractivity (Wildman–Crippen MR) is 263 cm³/mol. The zero-order valence-corrected chi connectivity index (χ0v) is 42.1. The Bertz CT molecular complexity index is 1050. The summed E-state index contributed by atoms with van der Waals surface area (Å²) >= 11 is 0. The number of unbranched alkanes of at least 4 members (excludes halogenated alkanes) is 33. The fourth-order valence-corrected chi connectivity index (χ4v) is 8.50. The molecule has 362 valence electrons. The molecule has 0 bridgehead atoms. The first-order valence-corrected chi connectivity index (χ1v) is 27.7. The van der Waals surface area contributed by atoms with Crippen LogP contribution in [0.25, 0.3) is 0 Å². The van der Waals surface area contributed by atoms with Crippen LogP contribution in [0, 0.1) is 0 Å². The van der Waals surface area contributed by atoms with Crippen molar-refractivity contribution in [3.8, 4) is 0 Å². The van der Waals surface area contributed by atoms with Crippen molar-refractivity contribution >= 4 is 13.7 Å². The second kappa shape index (κ2) is 44.2. The van der Waals surface area contributed by atoms with Gasteiger partial charge in [0.05, 0.1) is 39.9 Å². The van der Waals surface area contributed by atoms with Crippen LogP contribution in [0.1, 0.15) is 251 Å². The monoisotopic (exact) mass is 884 g/mol. The number of aliphatic hydroxyl groups is 1. The summed E-state index contributed by atoms with van der Waals surface area (Å²) in [4.78, 5) is 23.1. The smallest absolute Gasteiger partial charge is 0.387 e. The lowest BCUT2D eigenvalue weighted by atomic mass is 10.0. The second-order valence-corrected chi connectivity index (χ2v) is 20.7. The normalized spacial score (nSPS) is 14.3. The van der Waals surface area contributed by atoms with Crippen LogP contribution in [0.3, 0.4) is 0 Å². The molecule has 1 amide bonds. The van der Waals surface area contributed by atoms with E-state index in [1.54, 1.807) is 6.08 Å². The fourth-order valence-electron chi connectivity index (χ4n) is 7.77. The van der Waals surface area contributed by atoms with E-state index in [4.69, 9.17) is 9.05 Å². The van der Waals surface area contributed by atoms with Crippen LogP contribution in [-0.2, 0) is 18.4 Å². The zero-order chi connectivity index (χ0) is 45.0. The Kier molecular flexibility index (Phi) is 43.5. The predicted octanol–water partition coefficient (Wildman–Crippen LogP) is 15.3. The maximum absolute atomic E-state index is 12.9. The molecule has 0 saturated heterocycles. The maximum atomic E-state index is 12.9. The van der Waals surface area contributed by atoms with Crippen molar-refractivity contribution in [1.29, 1.82) is 0 Å². The van der Waals surface area contributed by atoms with Crippen LogP contribution in [0.15, 0.2) is 24.3 Å². The van der Waals surface area contributed by atoms with Crippen molar-refractivity contribution in [3.05, 3.63) is 24.3 Å². The highest BCUT2D eigenvalue weighted by Gasteiger charge is 2.27. The molecule has 3 atom stereocenters. The topological polar surface area (TPSA) is 105 Å². The van der Waals surface area contributed by atoms with E-state index in [1.165, 1.54) is 193 Å². The van der Waals surface area contributed by atoms with Crippen LogP contribution in [-0.4, -0.2) is 73.4 Å². The first kappa shape index (κ1) is 60.0. The molecule has 0 heterocycles. The van der Waals surface area contributed by atoms with Crippen molar-refractivity contribution in [2.75, 3.05) is 40.9 Å². The average molecular weight is 884 g/mol. The third-order valence-corrected chi connectivity index (χ3v) is 12.9. The Hall–Kier alpha value is -1.02. The summed E-state index contributed by atoms with van der Waals surface area (Å²) in [6.07, 6.45) is 54.3. The van der Waals surface area contributed by atoms with Crippen molar-refractivity contribution in [2.45, 2.75) is 264 Å². The minimum absolute atomic E-state index is 0.0583. The number of amides is 1. The quantitative estimate of drug-likeness (QED) is 0.0243. The number of nitrogens with zero attached hydrogens (tertiary/aromatic N) is 1. The van der Waals surface area contributed by atoms with Gasteiger partial charge >= 0.3 is 7.82 Å². The molecule has 0 fully saturated rings. The number of likely N-dealkylation sites (N-methyl/N-ethyl adjacent to an activating group) is 1. The Labute approximate surface area is 379 Å². The summed E-state index contributed by atoms with van der Waals surface area (Å²) in [5.41, 5.74) is 0. The van der Waals surface area contributed by atoms with Crippen molar-refractivity contribution in [3.63, 3.8) is 0 Å². The van der Waals surface area contributed by atoms with Gasteiger partial charge in [-0.1, -0.05) is 237 Å². The van der Waals surface area contributed by atoms with Gasteiger partial charge in [-0.2, -0.15) is 0 Å². The maximum Gasteiger partial charge on any atom is 0.472 e. The number of phosphoric ester groups is 1. The van der Waals surface area contributed by atoms with E-state index in [1.807, 2.05) is 27.2 Å². The Morgan fingerprint density at radius 1 is 0.541 bits per heavy atom. The first-order chi connectivity index (χ1) is 29.5. The number of aliphatic hydroxyl groups excluding tert-OH is 1. The summed E-state index contributed by atoms with van der Waals surface area (Å²) in [5, 5.41) is 13.8. The van der Waals surface area contributed by atoms with E-state index in [-0.39, 0.29) is 19.1 Å². The number of hydrogen-bond donors (Lipinski definition) is 3. The minimum atomic E-state index is -4.34. The lowest BCUT2D eigenvalue weighted by Crippen LogP contribution is -2.45. The molecule has 0 spiro atoms. The lowest BCUT2D eigenvalue weighted by molar-refractivity contribution is -0.870. The van der Waals surface area contributed by atoms with Crippen LogP contribution in [0.5, 0.6) is 0 Å². The molecule has 0 saturated carbocycles. The van der Waals surface area contributed by atoms with Crippen molar-refractivity contribution < 1.29 is 32.9 Å². The molecule has 0 aromatic rings. The number of allylic oxidation sites excluding steroid dienone is 3. The largest absolute Gasteiger partial charge is 0.472 e. The van der Waals surface area contributed by atoms with Crippen LogP contribution in [0.4, 0.5) is 0 Å². The number of carbonyl (C=O) groups is 1. The van der Waals surface area contributed by atoms with Gasteiger partial charge in [-0.25, -0.2) is 4.57 Å². The molecule has 0 aliphatic heterocycles. The average Bonchev–Trinajstić information content (AvgIpc) is 3.21. The second-order valence-electron chi connectivity index (χ2n) is 19.3. The summed E-state index contributed by atoms with van der Waals surface area (Å²) < 4.78 is 23.6. The van der Waals surface area contributed by atoms with Crippen LogP contribution < -0.4 is 5.32 Å². The van der Waals surface area contributed by atoms with Gasteiger partial charge in [0, 0.05) is 6.42 Å². The lowest BCUT2D eigenvalue weighted by Gasteiger charge is -2.25. The van der Waals surface area contributed by atoms with Gasteiger partial charge in [0.25, 0.3) is 0 Å². The molecular weight excluding hydrogens is 780 g/mol. The summed E-state index contributed by atoms with van der Waals surface area (Å²) in [7, 11) is 1.56. The zero-order valence-electron chi connectivity index (χ0n) is 41.2. The van der Waals surface area contributed by atoms with Gasteiger partial charge in [-0.3, -0.25) is 13.8 Å². The van der Waals surface area contributed by atoms with Gasteiger partial charge in [0.1, 0.15) is 13.2 Å². The molecule has 3 unspecified atom stereocenters. The van der Waals surface area contributed by atoms with Crippen molar-refractivity contribution in [1.82, 2.24) is 5.32 Å². The fraction of sp³-hybridized carbons (Fsp3) is 0.904. The molecule has 0 aromatic heterocycles. The summed E-state index contributed by atoms with van der Waals surface area (Å²) in [6.45, 7) is 4.81. The number of rotatable bonds is 48. The van der Waals surface area contributed by atoms with Crippen LogP contribution >= 0.6 is 7.82 Å². The number of phosphoric acid groups is 1. The molecule has 9 heteroatoms. The highest BCUT2D eigenvalue weighted by molar-refractivity contribution is 7.47. The first-order valence-electron chi connectivity index (χ1n) is 26.2. The van der Waals surface area contributed by atoms with E-state index in [0.29, 0.717) is 17.4 Å². The summed E-state index contributed by atoms with van der Waals surface area (Å²) in [5.74, 6) is -0.186. The van der Waals surface area contributed by atoms with Gasteiger partial charge in [0.2, 0.25) is 5.91 Å². The number of quaternary nitrogens is 1. The highest BCUT2D eigenvalue weighted by Crippen LogP contribution is 2.43. The molecule has 0 aromatic carbocycles. The van der Waals surface area contributed by atoms with Gasteiger partial charge in [-0.15, -0.1) is 0 Å². The van der Waals surface area contributed by atoms with Crippen LogP contribution in [0.2, 0.25) is 0 Å². The van der Waals surface area contributed by atoms with E-state index in [2.05, 4.69) is 31.3 Å². The van der Waals surface area contributed by atoms with E-state index < -0.39 is 20.0 Å². The molecule has 0 aliphatic carbocycles. The number of hydrogen-bond acceptors (Lipinski definition) is 5. The SMILES string of the molecule is CCCCCCCCCCCCCCCCCCCCCCCC/C=C/CC/C=C/C(O)C(COP(=O)(O)OCC[N+](C)(C)C)NC(=O)CCCCCCCCCCCCC. The van der Waals surface area contributed by atoms with Gasteiger partial charge in [-0.05, 0) is 32.1 Å². The molecule has 3 N–H and O–H groups in total. The molecule has 0 rings (SSSR count). The highest BCUT2D eigenvalue weighted by atomic mass is 31.2. The summed E-state index contributed by atoms with van der Waals surface area (Å²) in [6, 6.07) is -0.858. The third-order valence-electron chi connectivity index (χ3n) is 11.9. The Morgan fingerprint density at radius 2 is 0.902 bits per heavy atom. The van der Waals surface area contributed by atoms with Gasteiger partial charge < -0.3 is 19.8 Å². The van der Waals surface area contributed by atoms with Crippen molar-refractivity contribution in [2.24, 2.45) is 0 Å². The third kappa shape index (κ3) is 46.8. The van der Waals surface area contributed by atoms with Gasteiger partial charge in [0.15, 0.2) is 0 Å².